The van der Waals surface area contributed by atoms with E-state index in [1.165, 1.54) is 15.3 Å². The highest BCUT2D eigenvalue weighted by atomic mass is 35.5. The number of rotatable bonds is 8. The van der Waals surface area contributed by atoms with Crippen molar-refractivity contribution < 1.29 is 4.79 Å². The Bertz CT molecular complexity index is 1030. The molecule has 0 saturated carbocycles. The monoisotopic (exact) mass is 403 g/mol. The molecule has 0 unspecified atom stereocenters. The maximum absolute atomic E-state index is 12.4. The van der Waals surface area contributed by atoms with Crippen molar-refractivity contribution in [3.63, 3.8) is 0 Å². The number of aryl methyl sites for hydroxylation is 1. The number of nitrogens with one attached hydrogen (secondary N) is 1. The van der Waals surface area contributed by atoms with E-state index < -0.39 is 0 Å². The Morgan fingerprint density at radius 3 is 2.79 bits per heavy atom. The van der Waals surface area contributed by atoms with Gasteiger partial charge in [0, 0.05) is 32.4 Å². The summed E-state index contributed by atoms with van der Waals surface area (Å²) in [5.41, 5.74) is 0.529. The zero-order valence-corrected chi connectivity index (χ0v) is 16.6. The van der Waals surface area contributed by atoms with Gasteiger partial charge >= 0.3 is 5.69 Å². The van der Waals surface area contributed by atoms with Crippen molar-refractivity contribution in [3.8, 4) is 0 Å². The van der Waals surface area contributed by atoms with Gasteiger partial charge in [0.15, 0.2) is 11.3 Å². The quantitative estimate of drug-likeness (QED) is 0.574. The van der Waals surface area contributed by atoms with Gasteiger partial charge in [-0.2, -0.15) is 0 Å². The van der Waals surface area contributed by atoms with Crippen LogP contribution in [0.4, 0.5) is 5.95 Å². The van der Waals surface area contributed by atoms with Gasteiger partial charge in [-0.05, 0) is 32.4 Å². The molecule has 9 nitrogen and oxygen atoms in total. The minimum Gasteiger partial charge on any atom is -0.351 e. The highest BCUT2D eigenvalue weighted by molar-refractivity contribution is 6.33. The van der Waals surface area contributed by atoms with Gasteiger partial charge < -0.3 is 10.2 Å². The molecule has 1 amide bonds. The number of anilines is 1. The van der Waals surface area contributed by atoms with Crippen LogP contribution in [0.15, 0.2) is 35.4 Å². The molecule has 0 bridgehead atoms. The Balaban J connectivity index is 1.60. The third-order valence-electron chi connectivity index (χ3n) is 4.31. The van der Waals surface area contributed by atoms with Gasteiger partial charge in [-0.15, -0.1) is 5.10 Å². The molecule has 0 atom stereocenters. The number of hydrogen-bond donors (Lipinski definition) is 1. The first-order valence-electron chi connectivity index (χ1n) is 9.15. The second-order valence-electron chi connectivity index (χ2n) is 6.08. The van der Waals surface area contributed by atoms with Gasteiger partial charge in [-0.3, -0.25) is 9.20 Å². The Hall–Kier alpha value is -2.94. The number of carbonyl (C=O) groups is 1. The van der Waals surface area contributed by atoms with Crippen LogP contribution in [-0.4, -0.2) is 49.7 Å². The summed E-state index contributed by atoms with van der Waals surface area (Å²) in [6.07, 6.45) is 3.65. The molecular weight excluding hydrogens is 382 g/mol. The maximum Gasteiger partial charge on any atom is 0.350 e. The molecule has 0 aromatic carbocycles. The summed E-state index contributed by atoms with van der Waals surface area (Å²) in [5, 5.41) is 7.24. The van der Waals surface area contributed by atoms with Crippen LogP contribution in [0.25, 0.3) is 5.65 Å². The van der Waals surface area contributed by atoms with E-state index in [1.807, 2.05) is 24.8 Å². The van der Waals surface area contributed by atoms with E-state index in [2.05, 4.69) is 20.4 Å². The molecule has 1 N–H and O–H groups in total. The number of nitrogens with zero attached hydrogens (tertiary/aromatic N) is 6. The Morgan fingerprint density at radius 2 is 2.07 bits per heavy atom. The summed E-state index contributed by atoms with van der Waals surface area (Å²) in [5.74, 6) is 0.0963. The lowest BCUT2D eigenvalue weighted by Gasteiger charge is -2.19. The first kappa shape index (κ1) is 19.8. The van der Waals surface area contributed by atoms with Crippen LogP contribution in [0.3, 0.4) is 0 Å². The van der Waals surface area contributed by atoms with E-state index in [1.54, 1.807) is 18.3 Å². The lowest BCUT2D eigenvalue weighted by molar-refractivity contribution is 0.0947. The average molecular weight is 404 g/mol. The topological polar surface area (TPSA) is 97.4 Å². The fourth-order valence-corrected chi connectivity index (χ4v) is 2.98. The van der Waals surface area contributed by atoms with Crippen LogP contribution in [0, 0.1) is 0 Å². The zero-order chi connectivity index (χ0) is 20.1. The molecule has 0 fully saturated rings. The second-order valence-corrected chi connectivity index (χ2v) is 6.49. The highest BCUT2D eigenvalue weighted by Gasteiger charge is 2.16. The summed E-state index contributed by atoms with van der Waals surface area (Å²) < 4.78 is 2.87. The minimum absolute atomic E-state index is 0.142. The number of hydrogen-bond acceptors (Lipinski definition) is 6. The van der Waals surface area contributed by atoms with Crippen LogP contribution >= 0.6 is 11.6 Å². The SMILES string of the molecule is CCN(CC)c1ncc(Cl)c(C(=O)NCCCn2nc3ccccn3c2=O)n1. The summed E-state index contributed by atoms with van der Waals surface area (Å²) in [6.45, 7) is 6.19. The largest absolute Gasteiger partial charge is 0.351 e. The van der Waals surface area contributed by atoms with Crippen molar-refractivity contribution in [2.45, 2.75) is 26.8 Å². The van der Waals surface area contributed by atoms with Crippen LogP contribution < -0.4 is 15.9 Å². The zero-order valence-electron chi connectivity index (χ0n) is 15.8. The number of carbonyl (C=O) groups excluding carboxylic acids is 1. The molecule has 3 aromatic rings. The summed E-state index contributed by atoms with van der Waals surface area (Å²) in [4.78, 5) is 35.1. The van der Waals surface area contributed by atoms with Crippen molar-refractivity contribution in [3.05, 3.63) is 51.8 Å². The molecular formula is C18H22ClN7O2. The maximum atomic E-state index is 12.4. The van der Waals surface area contributed by atoms with E-state index >= 15 is 0 Å². The summed E-state index contributed by atoms with van der Waals surface area (Å²) in [6, 6.07) is 5.37. The van der Waals surface area contributed by atoms with Crippen molar-refractivity contribution in [2.75, 3.05) is 24.5 Å². The number of amides is 1. The van der Waals surface area contributed by atoms with Gasteiger partial charge in [0.25, 0.3) is 5.91 Å². The molecule has 3 rings (SSSR count). The average Bonchev–Trinajstić information content (AvgIpc) is 3.03. The normalized spacial score (nSPS) is 11.0. The first-order valence-corrected chi connectivity index (χ1v) is 9.52. The third-order valence-corrected chi connectivity index (χ3v) is 4.59. The van der Waals surface area contributed by atoms with Crippen LogP contribution in [0.5, 0.6) is 0 Å². The van der Waals surface area contributed by atoms with Gasteiger partial charge in [0.1, 0.15) is 0 Å². The van der Waals surface area contributed by atoms with Crippen molar-refractivity contribution in [2.24, 2.45) is 0 Å². The molecule has 10 heteroatoms. The minimum atomic E-state index is -0.372. The predicted molar refractivity (Wildman–Crippen MR) is 107 cm³/mol. The van der Waals surface area contributed by atoms with Gasteiger partial charge in [0.2, 0.25) is 5.95 Å². The Labute approximate surface area is 167 Å². The lowest BCUT2D eigenvalue weighted by Crippen LogP contribution is -2.30. The smallest absolute Gasteiger partial charge is 0.350 e. The fourth-order valence-electron chi connectivity index (χ4n) is 2.80. The van der Waals surface area contributed by atoms with Crippen LogP contribution in [0.1, 0.15) is 30.8 Å². The molecule has 0 radical (unpaired) electrons. The predicted octanol–water partition coefficient (Wildman–Crippen LogP) is 1.61. The molecule has 3 aromatic heterocycles. The number of halogens is 1. The third kappa shape index (κ3) is 4.14. The van der Waals surface area contributed by atoms with Crippen LogP contribution in [-0.2, 0) is 6.54 Å². The number of aromatic nitrogens is 5. The molecule has 0 saturated heterocycles. The second kappa shape index (κ2) is 8.83. The summed E-state index contributed by atoms with van der Waals surface area (Å²) >= 11 is 6.09. The number of fused-ring (bicyclic) bond motifs is 1. The molecule has 148 valence electrons. The van der Waals surface area contributed by atoms with E-state index in [9.17, 15) is 9.59 Å². The molecule has 3 heterocycles. The molecule has 0 aliphatic carbocycles. The molecule has 0 spiro atoms. The molecule has 28 heavy (non-hydrogen) atoms. The standard InChI is InChI=1S/C18H22ClN7O2/c1-3-24(4-2)17-21-12-13(19)15(22-17)16(27)20-9-7-11-26-18(28)25-10-6-5-8-14(25)23-26/h5-6,8,10,12H,3-4,7,9,11H2,1-2H3,(H,20,27). The van der Waals surface area contributed by atoms with Crippen LogP contribution in [0.2, 0.25) is 5.02 Å². The fraction of sp³-hybridized carbons (Fsp3) is 0.389. The summed E-state index contributed by atoms with van der Waals surface area (Å²) in [7, 11) is 0. The van der Waals surface area contributed by atoms with Gasteiger partial charge in [-0.25, -0.2) is 19.4 Å². The van der Waals surface area contributed by atoms with Crippen molar-refractivity contribution in [1.82, 2.24) is 29.5 Å². The first-order chi connectivity index (χ1) is 13.5. The van der Waals surface area contributed by atoms with E-state index in [4.69, 9.17) is 11.6 Å². The Kier molecular flexibility index (Phi) is 6.25. The van der Waals surface area contributed by atoms with Crippen molar-refractivity contribution >= 4 is 29.1 Å². The Morgan fingerprint density at radius 1 is 1.29 bits per heavy atom. The highest BCUT2D eigenvalue weighted by Crippen LogP contribution is 2.16. The van der Waals surface area contributed by atoms with Gasteiger partial charge in [-0.1, -0.05) is 17.7 Å². The molecule has 0 aliphatic rings. The lowest BCUT2D eigenvalue weighted by atomic mass is 10.3. The molecule has 0 aliphatic heterocycles. The number of pyridine rings is 1. The van der Waals surface area contributed by atoms with Crippen molar-refractivity contribution in [1.29, 1.82) is 0 Å². The van der Waals surface area contributed by atoms with E-state index in [0.717, 1.165) is 13.1 Å². The van der Waals surface area contributed by atoms with Gasteiger partial charge in [0.05, 0.1) is 11.2 Å². The van der Waals surface area contributed by atoms with E-state index in [0.29, 0.717) is 31.1 Å². The van der Waals surface area contributed by atoms with E-state index in [-0.39, 0.29) is 22.3 Å².